The summed E-state index contributed by atoms with van der Waals surface area (Å²) in [5, 5.41) is 0. The Morgan fingerprint density at radius 2 is 1.93 bits per heavy atom. The first-order valence-corrected chi connectivity index (χ1v) is 10.0. The number of benzene rings is 1. The zero-order valence-corrected chi connectivity index (χ0v) is 17.7. The third kappa shape index (κ3) is 5.85. The van der Waals surface area contributed by atoms with Crippen molar-refractivity contribution in [2.45, 2.75) is 52.6 Å². The minimum Gasteiger partial charge on any atom is -0.468 e. The smallest absolute Gasteiger partial charge is 0.410 e. The highest BCUT2D eigenvalue weighted by molar-refractivity contribution is 5.84. The molecule has 1 saturated carbocycles. The fraction of sp³-hybridized carbons (Fsp3) is 0.565. The van der Waals surface area contributed by atoms with E-state index in [0.29, 0.717) is 13.1 Å². The largest absolute Gasteiger partial charge is 0.468 e. The monoisotopic (exact) mass is 387 g/mol. The van der Waals surface area contributed by atoms with E-state index in [1.807, 2.05) is 70.2 Å². The lowest BCUT2D eigenvalue weighted by molar-refractivity contribution is -0.145. The molecule has 5 heteroatoms. The summed E-state index contributed by atoms with van der Waals surface area (Å²) in [6.45, 7) is 8.78. The number of rotatable bonds is 8. The first kappa shape index (κ1) is 22.0. The van der Waals surface area contributed by atoms with Crippen molar-refractivity contribution in [3.63, 3.8) is 0 Å². The summed E-state index contributed by atoms with van der Waals surface area (Å²) in [5.41, 5.74) is 0.0371. The Labute approximate surface area is 168 Å². The van der Waals surface area contributed by atoms with E-state index in [0.717, 1.165) is 24.8 Å². The lowest BCUT2D eigenvalue weighted by Gasteiger charge is -2.26. The van der Waals surface area contributed by atoms with Gasteiger partial charge in [0, 0.05) is 13.1 Å². The fourth-order valence-corrected chi connectivity index (χ4v) is 3.46. The van der Waals surface area contributed by atoms with Crippen LogP contribution in [0.5, 0.6) is 0 Å². The predicted octanol–water partition coefficient (Wildman–Crippen LogP) is 4.92. The summed E-state index contributed by atoms with van der Waals surface area (Å²) in [4.78, 5) is 26.3. The highest BCUT2D eigenvalue weighted by Crippen LogP contribution is 2.57. The molecular formula is C23H33NO4. The maximum Gasteiger partial charge on any atom is 0.410 e. The Kier molecular flexibility index (Phi) is 7.28. The van der Waals surface area contributed by atoms with Crippen molar-refractivity contribution in [2.75, 3.05) is 20.2 Å². The zero-order chi connectivity index (χ0) is 20.8. The average Bonchev–Trinajstić information content (AvgIpc) is 3.36. The first-order chi connectivity index (χ1) is 13.2. The van der Waals surface area contributed by atoms with Crippen molar-refractivity contribution in [3.05, 3.63) is 42.0 Å². The molecule has 28 heavy (non-hydrogen) atoms. The van der Waals surface area contributed by atoms with E-state index in [9.17, 15) is 9.59 Å². The van der Waals surface area contributed by atoms with E-state index in [-0.39, 0.29) is 18.0 Å². The summed E-state index contributed by atoms with van der Waals surface area (Å²) in [7, 11) is 1.44. The Bertz CT molecular complexity index is 692. The minimum absolute atomic E-state index is 0.177. The van der Waals surface area contributed by atoms with Crippen LogP contribution in [0.15, 0.2) is 36.4 Å². The summed E-state index contributed by atoms with van der Waals surface area (Å²) >= 11 is 0. The average molecular weight is 388 g/mol. The van der Waals surface area contributed by atoms with Crippen LogP contribution in [0.25, 0.3) is 6.08 Å². The summed E-state index contributed by atoms with van der Waals surface area (Å²) in [6.07, 6.45) is 6.19. The van der Waals surface area contributed by atoms with Gasteiger partial charge in [0.2, 0.25) is 0 Å². The van der Waals surface area contributed by atoms with Crippen molar-refractivity contribution < 1.29 is 19.1 Å². The molecule has 1 aromatic rings. The van der Waals surface area contributed by atoms with Crippen molar-refractivity contribution >= 4 is 18.1 Å². The summed E-state index contributed by atoms with van der Waals surface area (Å²) in [6, 6.07) is 9.95. The molecule has 1 aromatic carbocycles. The van der Waals surface area contributed by atoms with Crippen molar-refractivity contribution in [1.29, 1.82) is 0 Å². The number of methoxy groups -OCH3 is 1. The predicted molar refractivity (Wildman–Crippen MR) is 111 cm³/mol. The maximum absolute atomic E-state index is 12.4. The van der Waals surface area contributed by atoms with Gasteiger partial charge >= 0.3 is 12.1 Å². The van der Waals surface area contributed by atoms with Gasteiger partial charge < -0.3 is 14.4 Å². The molecule has 0 aromatic heterocycles. The molecule has 0 radical (unpaired) electrons. The molecule has 0 unspecified atom stereocenters. The number of amides is 1. The SMILES string of the molecule is CCN(CCC[C@H]1C[C@]1(/C=C/c1ccccc1)C(=O)OC)C(=O)OC(C)(C)C. The molecule has 0 bridgehead atoms. The highest BCUT2D eigenvalue weighted by Gasteiger charge is 2.58. The number of carbonyl (C=O) groups excluding carboxylic acids is 2. The van der Waals surface area contributed by atoms with Crippen LogP contribution >= 0.6 is 0 Å². The van der Waals surface area contributed by atoms with Gasteiger partial charge in [-0.1, -0.05) is 42.5 Å². The van der Waals surface area contributed by atoms with E-state index in [1.165, 1.54) is 7.11 Å². The summed E-state index contributed by atoms with van der Waals surface area (Å²) in [5.74, 6) is 0.0708. The van der Waals surface area contributed by atoms with E-state index in [2.05, 4.69) is 0 Å². The van der Waals surface area contributed by atoms with Gasteiger partial charge in [-0.2, -0.15) is 0 Å². The molecule has 0 spiro atoms. The minimum atomic E-state index is -0.534. The van der Waals surface area contributed by atoms with Crippen LogP contribution in [0.3, 0.4) is 0 Å². The molecule has 0 aliphatic heterocycles. The van der Waals surface area contributed by atoms with E-state index < -0.39 is 11.0 Å². The molecular weight excluding hydrogens is 354 g/mol. The number of nitrogens with zero attached hydrogens (tertiary/aromatic N) is 1. The number of hydrogen-bond donors (Lipinski definition) is 0. The zero-order valence-electron chi connectivity index (χ0n) is 17.7. The van der Waals surface area contributed by atoms with Gasteiger partial charge in [0.25, 0.3) is 0 Å². The number of carbonyl (C=O) groups is 2. The third-order valence-corrected chi connectivity index (χ3v) is 5.10. The Hall–Kier alpha value is -2.30. The topological polar surface area (TPSA) is 55.8 Å². The van der Waals surface area contributed by atoms with Crippen LogP contribution in [0, 0.1) is 11.3 Å². The Morgan fingerprint density at radius 1 is 1.25 bits per heavy atom. The molecule has 1 fully saturated rings. The standard InChI is InChI=1S/C23H33NO4/c1-6-24(21(26)28-22(2,3)4)16-10-13-19-17-23(19,20(25)27-5)15-14-18-11-8-7-9-12-18/h7-9,11-12,14-15,19H,6,10,13,16-17H2,1-5H3/b15-14+/t19-,23-/m0/s1. The molecule has 2 rings (SSSR count). The highest BCUT2D eigenvalue weighted by atomic mass is 16.6. The molecule has 2 atom stereocenters. The quantitative estimate of drug-likeness (QED) is 0.594. The van der Waals surface area contributed by atoms with Crippen molar-refractivity contribution in [3.8, 4) is 0 Å². The van der Waals surface area contributed by atoms with Gasteiger partial charge in [-0.15, -0.1) is 0 Å². The number of hydrogen-bond acceptors (Lipinski definition) is 4. The van der Waals surface area contributed by atoms with Crippen LogP contribution < -0.4 is 0 Å². The summed E-state index contributed by atoms with van der Waals surface area (Å²) < 4.78 is 10.5. The number of ether oxygens (including phenoxy) is 2. The second-order valence-electron chi connectivity index (χ2n) is 8.38. The van der Waals surface area contributed by atoms with Gasteiger partial charge in [0.05, 0.1) is 12.5 Å². The van der Waals surface area contributed by atoms with Crippen LogP contribution in [-0.4, -0.2) is 42.8 Å². The van der Waals surface area contributed by atoms with E-state index >= 15 is 0 Å². The van der Waals surface area contributed by atoms with Crippen molar-refractivity contribution in [2.24, 2.45) is 11.3 Å². The molecule has 1 aliphatic carbocycles. The normalized spacial score (nSPS) is 21.4. The lowest BCUT2D eigenvalue weighted by atomic mass is 9.99. The molecule has 1 amide bonds. The number of esters is 1. The Morgan fingerprint density at radius 3 is 2.50 bits per heavy atom. The lowest BCUT2D eigenvalue weighted by Crippen LogP contribution is -2.37. The first-order valence-electron chi connectivity index (χ1n) is 10.0. The van der Waals surface area contributed by atoms with Crippen LogP contribution in [0.2, 0.25) is 0 Å². The van der Waals surface area contributed by atoms with E-state index in [4.69, 9.17) is 9.47 Å². The van der Waals surface area contributed by atoms with Gasteiger partial charge in [-0.05, 0) is 58.4 Å². The molecule has 1 aliphatic rings. The molecule has 154 valence electrons. The van der Waals surface area contributed by atoms with Gasteiger partial charge in [0.15, 0.2) is 0 Å². The Balaban J connectivity index is 1.92. The fourth-order valence-electron chi connectivity index (χ4n) is 3.46. The molecule has 0 heterocycles. The van der Waals surface area contributed by atoms with Crippen LogP contribution in [0.1, 0.15) is 52.5 Å². The van der Waals surface area contributed by atoms with E-state index in [1.54, 1.807) is 4.90 Å². The van der Waals surface area contributed by atoms with Crippen LogP contribution in [-0.2, 0) is 14.3 Å². The van der Waals surface area contributed by atoms with Gasteiger partial charge in [0.1, 0.15) is 5.60 Å². The van der Waals surface area contributed by atoms with Crippen LogP contribution in [0.4, 0.5) is 4.79 Å². The molecule has 0 N–H and O–H groups in total. The van der Waals surface area contributed by atoms with Gasteiger partial charge in [-0.3, -0.25) is 4.79 Å². The maximum atomic E-state index is 12.4. The molecule has 0 saturated heterocycles. The second kappa shape index (κ2) is 9.26. The van der Waals surface area contributed by atoms with Crippen molar-refractivity contribution in [1.82, 2.24) is 4.90 Å². The second-order valence-corrected chi connectivity index (χ2v) is 8.38. The molecule has 5 nitrogen and oxygen atoms in total. The van der Waals surface area contributed by atoms with Gasteiger partial charge in [-0.25, -0.2) is 4.79 Å². The third-order valence-electron chi connectivity index (χ3n) is 5.10.